The van der Waals surface area contributed by atoms with E-state index in [1.54, 1.807) is 23.9 Å². The first-order valence-corrected chi connectivity index (χ1v) is 6.42. The molecule has 2 rings (SSSR count). The lowest BCUT2D eigenvalue weighted by Crippen LogP contribution is -2.01. The van der Waals surface area contributed by atoms with Crippen LogP contribution in [-0.2, 0) is 13.7 Å². The lowest BCUT2D eigenvalue weighted by molar-refractivity contribution is 0.0696. The van der Waals surface area contributed by atoms with Crippen LogP contribution in [0.1, 0.15) is 27.2 Å². The quantitative estimate of drug-likeness (QED) is 0.941. The van der Waals surface area contributed by atoms with Gasteiger partial charge in [-0.15, -0.1) is 0 Å². The lowest BCUT2D eigenvalue weighted by atomic mass is 10.1. The van der Waals surface area contributed by atoms with Crippen molar-refractivity contribution in [1.29, 1.82) is 0 Å². The Kier molecular flexibility index (Phi) is 3.99. The summed E-state index contributed by atoms with van der Waals surface area (Å²) in [5, 5.41) is 13.7. The molecule has 0 fully saturated rings. The molecular weight excluding hydrogens is 280 g/mol. The van der Waals surface area contributed by atoms with E-state index in [1.165, 1.54) is 6.07 Å². The summed E-state index contributed by atoms with van der Waals surface area (Å²) >= 11 is 6.13. The number of halogens is 1. The van der Waals surface area contributed by atoms with E-state index in [4.69, 9.17) is 21.4 Å². The van der Waals surface area contributed by atoms with Crippen LogP contribution in [0.25, 0.3) is 0 Å². The molecular formula is C14H15ClN2O3. The Hall–Kier alpha value is -2.01. The number of ether oxygens (including phenoxy) is 1. The van der Waals surface area contributed by atoms with E-state index in [0.717, 1.165) is 16.8 Å². The first kappa shape index (κ1) is 14.4. The summed E-state index contributed by atoms with van der Waals surface area (Å²) in [6.45, 7) is 3.96. The van der Waals surface area contributed by atoms with Crippen molar-refractivity contribution in [2.24, 2.45) is 7.05 Å². The summed E-state index contributed by atoms with van der Waals surface area (Å²) in [6, 6.07) is 4.78. The van der Waals surface area contributed by atoms with Crippen LogP contribution in [0, 0.1) is 13.8 Å². The molecule has 0 bridgehead atoms. The average Bonchev–Trinajstić information content (AvgIpc) is 2.63. The highest BCUT2D eigenvalue weighted by atomic mass is 35.5. The highest BCUT2D eigenvalue weighted by Gasteiger charge is 2.13. The number of carboxylic acids is 1. The summed E-state index contributed by atoms with van der Waals surface area (Å²) in [4.78, 5) is 11.0. The van der Waals surface area contributed by atoms with Gasteiger partial charge in [0.25, 0.3) is 0 Å². The van der Waals surface area contributed by atoms with Gasteiger partial charge in [-0.2, -0.15) is 5.10 Å². The second-order valence-electron chi connectivity index (χ2n) is 4.55. The highest BCUT2D eigenvalue weighted by Crippen LogP contribution is 2.24. The van der Waals surface area contributed by atoms with Crippen LogP contribution in [0.5, 0.6) is 5.75 Å². The minimum atomic E-state index is -0.981. The van der Waals surface area contributed by atoms with Gasteiger partial charge in [0, 0.05) is 12.6 Å². The van der Waals surface area contributed by atoms with Crippen LogP contribution < -0.4 is 4.74 Å². The van der Waals surface area contributed by atoms with Crippen LogP contribution in [0.15, 0.2) is 18.2 Å². The molecule has 0 aliphatic carbocycles. The Labute approximate surface area is 121 Å². The molecule has 0 unspecified atom stereocenters. The fourth-order valence-electron chi connectivity index (χ4n) is 1.88. The van der Waals surface area contributed by atoms with E-state index in [-0.39, 0.29) is 12.2 Å². The van der Waals surface area contributed by atoms with Crippen LogP contribution >= 0.6 is 11.6 Å². The molecule has 0 spiro atoms. The number of carboxylic acid groups (broad SMARTS) is 1. The van der Waals surface area contributed by atoms with E-state index in [9.17, 15) is 4.79 Å². The molecule has 1 aromatic carbocycles. The SMILES string of the molecule is Cc1ccc(C(=O)O)cc1OCc1c(C)nn(C)c1Cl. The maximum Gasteiger partial charge on any atom is 0.335 e. The van der Waals surface area contributed by atoms with Gasteiger partial charge in [-0.05, 0) is 31.5 Å². The van der Waals surface area contributed by atoms with Crippen molar-refractivity contribution in [3.63, 3.8) is 0 Å². The van der Waals surface area contributed by atoms with Crippen molar-refractivity contribution in [3.05, 3.63) is 45.7 Å². The molecule has 0 saturated carbocycles. The second-order valence-corrected chi connectivity index (χ2v) is 4.91. The fourth-order valence-corrected chi connectivity index (χ4v) is 2.11. The van der Waals surface area contributed by atoms with Gasteiger partial charge in [-0.1, -0.05) is 17.7 Å². The minimum absolute atomic E-state index is 0.194. The zero-order valence-corrected chi connectivity index (χ0v) is 12.2. The molecule has 0 atom stereocenters. The minimum Gasteiger partial charge on any atom is -0.488 e. The van der Waals surface area contributed by atoms with E-state index >= 15 is 0 Å². The van der Waals surface area contributed by atoms with Gasteiger partial charge in [-0.25, -0.2) is 4.79 Å². The number of rotatable bonds is 4. The number of aryl methyl sites for hydroxylation is 3. The Bertz CT molecular complexity index is 665. The molecule has 6 heteroatoms. The van der Waals surface area contributed by atoms with Crippen molar-refractivity contribution < 1.29 is 14.6 Å². The molecule has 20 heavy (non-hydrogen) atoms. The molecule has 106 valence electrons. The van der Waals surface area contributed by atoms with E-state index in [2.05, 4.69) is 5.10 Å². The molecule has 0 radical (unpaired) electrons. The average molecular weight is 295 g/mol. The molecule has 0 amide bonds. The first-order valence-electron chi connectivity index (χ1n) is 6.05. The third-order valence-corrected chi connectivity index (χ3v) is 3.55. The van der Waals surface area contributed by atoms with Gasteiger partial charge < -0.3 is 9.84 Å². The molecule has 1 aromatic heterocycles. The number of nitrogens with zero attached hydrogens (tertiary/aromatic N) is 2. The number of hydrogen-bond acceptors (Lipinski definition) is 3. The summed E-state index contributed by atoms with van der Waals surface area (Å²) in [6.07, 6.45) is 0. The van der Waals surface area contributed by atoms with E-state index in [0.29, 0.717) is 10.9 Å². The van der Waals surface area contributed by atoms with Gasteiger partial charge in [0.2, 0.25) is 0 Å². The predicted molar refractivity (Wildman–Crippen MR) is 75.4 cm³/mol. The molecule has 2 aromatic rings. The zero-order chi connectivity index (χ0) is 14.9. The predicted octanol–water partition coefficient (Wildman–Crippen LogP) is 2.97. The zero-order valence-electron chi connectivity index (χ0n) is 11.5. The third kappa shape index (κ3) is 2.77. The number of carbonyl (C=O) groups is 1. The largest absolute Gasteiger partial charge is 0.488 e. The van der Waals surface area contributed by atoms with Crippen molar-refractivity contribution in [3.8, 4) is 5.75 Å². The Morgan fingerprint density at radius 2 is 2.15 bits per heavy atom. The Morgan fingerprint density at radius 1 is 1.45 bits per heavy atom. The molecule has 5 nitrogen and oxygen atoms in total. The van der Waals surface area contributed by atoms with E-state index in [1.807, 2.05) is 13.8 Å². The fraction of sp³-hybridized carbons (Fsp3) is 0.286. The first-order chi connectivity index (χ1) is 9.40. The van der Waals surface area contributed by atoms with Gasteiger partial charge in [0.1, 0.15) is 17.5 Å². The molecule has 1 heterocycles. The van der Waals surface area contributed by atoms with Crippen LogP contribution in [0.3, 0.4) is 0 Å². The summed E-state index contributed by atoms with van der Waals surface area (Å²) in [5.41, 5.74) is 2.66. The lowest BCUT2D eigenvalue weighted by Gasteiger charge is -2.10. The number of aromatic carboxylic acids is 1. The summed E-state index contributed by atoms with van der Waals surface area (Å²) in [7, 11) is 1.76. The maximum atomic E-state index is 11.0. The molecule has 0 aliphatic rings. The maximum absolute atomic E-state index is 11.0. The smallest absolute Gasteiger partial charge is 0.335 e. The molecule has 1 N–H and O–H groups in total. The topological polar surface area (TPSA) is 64.3 Å². The Morgan fingerprint density at radius 3 is 2.70 bits per heavy atom. The summed E-state index contributed by atoms with van der Waals surface area (Å²) in [5.74, 6) is -0.449. The van der Waals surface area contributed by atoms with Gasteiger partial charge in [0.05, 0.1) is 11.3 Å². The monoisotopic (exact) mass is 294 g/mol. The van der Waals surface area contributed by atoms with Gasteiger partial charge in [0.15, 0.2) is 0 Å². The highest BCUT2D eigenvalue weighted by molar-refractivity contribution is 6.30. The second kappa shape index (κ2) is 5.54. The van der Waals surface area contributed by atoms with E-state index < -0.39 is 5.97 Å². The molecule has 0 aliphatic heterocycles. The van der Waals surface area contributed by atoms with Crippen molar-refractivity contribution in [1.82, 2.24) is 9.78 Å². The van der Waals surface area contributed by atoms with Crippen molar-refractivity contribution in [2.45, 2.75) is 20.5 Å². The van der Waals surface area contributed by atoms with Crippen LogP contribution in [-0.4, -0.2) is 20.9 Å². The van der Waals surface area contributed by atoms with Gasteiger partial charge >= 0.3 is 5.97 Å². The van der Waals surface area contributed by atoms with Gasteiger partial charge in [-0.3, -0.25) is 4.68 Å². The normalized spacial score (nSPS) is 10.6. The van der Waals surface area contributed by atoms with Crippen molar-refractivity contribution in [2.75, 3.05) is 0 Å². The summed E-state index contributed by atoms with van der Waals surface area (Å²) < 4.78 is 7.27. The Balaban J connectivity index is 2.22. The van der Waals surface area contributed by atoms with Crippen molar-refractivity contribution >= 4 is 17.6 Å². The van der Waals surface area contributed by atoms with Crippen LogP contribution in [0.4, 0.5) is 0 Å². The third-order valence-electron chi connectivity index (χ3n) is 3.08. The number of benzene rings is 1. The molecule has 0 saturated heterocycles. The number of hydrogen-bond donors (Lipinski definition) is 1. The standard InChI is InChI=1S/C14H15ClN2O3/c1-8-4-5-10(14(18)19)6-12(8)20-7-11-9(2)16-17(3)13(11)15/h4-6H,7H2,1-3H3,(H,18,19). The number of aromatic nitrogens is 2. The van der Waals surface area contributed by atoms with Crippen LogP contribution in [0.2, 0.25) is 5.15 Å².